The molecule has 6 atom stereocenters. The number of aliphatic imine (C=N–C) groups is 1. The van der Waals surface area contributed by atoms with Gasteiger partial charge in [0.05, 0.1) is 6.04 Å². The third kappa shape index (κ3) is 4.32. The van der Waals surface area contributed by atoms with E-state index in [0.29, 0.717) is 46.4 Å². The van der Waals surface area contributed by atoms with Gasteiger partial charge in [0.25, 0.3) is 0 Å². The molecule has 2 aromatic carbocycles. The molecule has 6 rings (SSSR count). The summed E-state index contributed by atoms with van der Waals surface area (Å²) in [4.78, 5) is 31.2. The molecular weight excluding hydrogens is 515 g/mol. The van der Waals surface area contributed by atoms with E-state index < -0.39 is 0 Å². The molecule has 1 N–H and O–H groups in total. The number of ketones is 1. The number of carbonyl (C=O) groups excluding carboxylic acids is 2. The summed E-state index contributed by atoms with van der Waals surface area (Å²) in [6.07, 6.45) is 6.32. The molecule has 6 heteroatoms. The van der Waals surface area contributed by atoms with E-state index in [1.165, 1.54) is 0 Å². The first-order chi connectivity index (χ1) is 18.2. The van der Waals surface area contributed by atoms with Crippen molar-refractivity contribution in [1.29, 1.82) is 0 Å². The van der Waals surface area contributed by atoms with Crippen LogP contribution in [-0.2, 0) is 9.59 Å². The number of benzene rings is 2. The van der Waals surface area contributed by atoms with Crippen LogP contribution in [0.4, 0.5) is 0 Å². The number of nitrogens with zero attached hydrogens (tertiary/aromatic N) is 1. The van der Waals surface area contributed by atoms with Crippen molar-refractivity contribution in [2.24, 2.45) is 39.5 Å². The van der Waals surface area contributed by atoms with E-state index in [1.54, 1.807) is 0 Å². The Labute approximate surface area is 235 Å². The van der Waals surface area contributed by atoms with Crippen LogP contribution in [0.25, 0.3) is 0 Å². The van der Waals surface area contributed by atoms with Gasteiger partial charge in [0, 0.05) is 46.5 Å². The summed E-state index contributed by atoms with van der Waals surface area (Å²) in [5, 5.41) is 4.77. The maximum atomic E-state index is 14.1. The van der Waals surface area contributed by atoms with Crippen molar-refractivity contribution < 1.29 is 9.59 Å². The molecule has 0 aromatic heterocycles. The third-order valence-electron chi connectivity index (χ3n) is 10.7. The molecule has 1 unspecified atom stereocenters. The Kier molecular flexibility index (Phi) is 6.71. The quantitative estimate of drug-likeness (QED) is 0.429. The Morgan fingerprint density at radius 2 is 1.55 bits per heavy atom. The Morgan fingerprint density at radius 3 is 2.18 bits per heavy atom. The van der Waals surface area contributed by atoms with Gasteiger partial charge in [-0.15, -0.1) is 0 Å². The van der Waals surface area contributed by atoms with Gasteiger partial charge in [-0.3, -0.25) is 14.6 Å². The van der Waals surface area contributed by atoms with Gasteiger partial charge >= 0.3 is 0 Å². The minimum atomic E-state index is -0.267. The number of carbonyl (C=O) groups is 2. The van der Waals surface area contributed by atoms with Gasteiger partial charge in [-0.05, 0) is 90.7 Å². The Morgan fingerprint density at radius 1 is 0.921 bits per heavy atom. The van der Waals surface area contributed by atoms with Crippen LogP contribution in [0.3, 0.4) is 0 Å². The van der Waals surface area contributed by atoms with Crippen LogP contribution in [0.1, 0.15) is 76.0 Å². The van der Waals surface area contributed by atoms with Crippen LogP contribution in [0.15, 0.2) is 53.5 Å². The standard InChI is InChI=1S/C32H36Cl2N2O2/c1-31-16-14-26-24(18-35-28-17-23(37)13-15-32(26,28)2)25(31)11-12-27(31)30(38)36-29(19-3-7-21(33)8-4-19)20-5-9-22(34)10-6-20/h3-10,24-27,29H,11-18H2,1-2H3,(H,36,38)/t24-,25-,26+,27?,31-,32+/m0/s1. The summed E-state index contributed by atoms with van der Waals surface area (Å²) < 4.78 is 0. The first-order valence-corrected chi connectivity index (χ1v) is 14.8. The number of nitrogens with one attached hydrogen (secondary N) is 1. The van der Waals surface area contributed by atoms with Gasteiger partial charge < -0.3 is 5.32 Å². The van der Waals surface area contributed by atoms with Gasteiger partial charge in [0.2, 0.25) is 5.91 Å². The molecule has 0 saturated heterocycles. The molecule has 1 amide bonds. The van der Waals surface area contributed by atoms with Crippen molar-refractivity contribution in [2.45, 2.75) is 64.8 Å². The molecule has 3 aliphatic carbocycles. The fraction of sp³-hybridized carbons (Fsp3) is 0.531. The van der Waals surface area contributed by atoms with Crippen molar-refractivity contribution in [1.82, 2.24) is 5.32 Å². The van der Waals surface area contributed by atoms with Crippen LogP contribution in [-0.4, -0.2) is 23.9 Å². The largest absolute Gasteiger partial charge is 0.345 e. The van der Waals surface area contributed by atoms with Crippen LogP contribution in [0.2, 0.25) is 10.0 Å². The van der Waals surface area contributed by atoms with E-state index in [-0.39, 0.29) is 28.7 Å². The predicted molar refractivity (Wildman–Crippen MR) is 153 cm³/mol. The fourth-order valence-electron chi connectivity index (χ4n) is 8.55. The molecule has 2 aromatic rings. The number of Topliss-reactive ketones (excluding diaryl/α,β-unsaturated/α-hetero) is 1. The van der Waals surface area contributed by atoms with Gasteiger partial charge in [0.1, 0.15) is 5.78 Å². The minimum Gasteiger partial charge on any atom is -0.345 e. The summed E-state index contributed by atoms with van der Waals surface area (Å²) in [5.41, 5.74) is 3.17. The van der Waals surface area contributed by atoms with Gasteiger partial charge in [-0.25, -0.2) is 0 Å². The fourth-order valence-corrected chi connectivity index (χ4v) is 8.80. The third-order valence-corrected chi connectivity index (χ3v) is 11.2. The SMILES string of the molecule is C[C@]12CCC(=O)CC1=NC[C@@H]1[C@H]2CC[C@]2(C)C(C(=O)NC(c3ccc(Cl)cc3)c3ccc(Cl)cc3)CC[C@@H]12. The van der Waals surface area contributed by atoms with Crippen molar-refractivity contribution in [2.75, 3.05) is 6.54 Å². The average molecular weight is 552 g/mol. The van der Waals surface area contributed by atoms with E-state index in [0.717, 1.165) is 55.5 Å². The van der Waals surface area contributed by atoms with E-state index in [4.69, 9.17) is 28.2 Å². The average Bonchev–Trinajstić information content (AvgIpc) is 3.26. The lowest BCUT2D eigenvalue weighted by Crippen LogP contribution is -2.55. The zero-order chi connectivity index (χ0) is 26.7. The molecule has 38 heavy (non-hydrogen) atoms. The van der Waals surface area contributed by atoms with Crippen LogP contribution >= 0.6 is 23.2 Å². The van der Waals surface area contributed by atoms with Crippen molar-refractivity contribution in [3.05, 3.63) is 69.7 Å². The summed E-state index contributed by atoms with van der Waals surface area (Å²) in [5.74, 6) is 2.00. The lowest BCUT2D eigenvalue weighted by molar-refractivity contribution is -0.132. The molecule has 1 heterocycles. The predicted octanol–water partition coefficient (Wildman–Crippen LogP) is 7.47. The maximum Gasteiger partial charge on any atom is 0.224 e. The Hall–Kier alpha value is -2.17. The first kappa shape index (κ1) is 26.1. The van der Waals surface area contributed by atoms with Gasteiger partial charge in [-0.1, -0.05) is 61.3 Å². The monoisotopic (exact) mass is 550 g/mol. The van der Waals surface area contributed by atoms with Crippen molar-refractivity contribution in [3.8, 4) is 0 Å². The summed E-state index contributed by atoms with van der Waals surface area (Å²) in [7, 11) is 0. The lowest BCUT2D eigenvalue weighted by Gasteiger charge is -2.56. The van der Waals surface area contributed by atoms with E-state index >= 15 is 0 Å². The van der Waals surface area contributed by atoms with E-state index in [9.17, 15) is 9.59 Å². The summed E-state index contributed by atoms with van der Waals surface area (Å²) in [6.45, 7) is 5.53. The molecule has 0 spiro atoms. The smallest absolute Gasteiger partial charge is 0.224 e. The number of halogens is 2. The molecule has 4 nitrogen and oxygen atoms in total. The van der Waals surface area contributed by atoms with Crippen molar-refractivity contribution >= 4 is 40.6 Å². The highest BCUT2D eigenvalue weighted by Gasteiger charge is 2.60. The summed E-state index contributed by atoms with van der Waals surface area (Å²) >= 11 is 12.3. The normalized spacial score (nSPS) is 34.2. The number of amides is 1. The zero-order valence-electron chi connectivity index (χ0n) is 22.2. The van der Waals surface area contributed by atoms with Crippen LogP contribution in [0.5, 0.6) is 0 Å². The lowest BCUT2D eigenvalue weighted by atomic mass is 9.49. The van der Waals surface area contributed by atoms with Gasteiger partial charge in [0.15, 0.2) is 0 Å². The second-order valence-corrected chi connectivity index (χ2v) is 13.4. The molecule has 0 radical (unpaired) electrons. The molecule has 4 aliphatic rings. The molecule has 3 fully saturated rings. The number of rotatable bonds is 4. The van der Waals surface area contributed by atoms with E-state index in [1.807, 2.05) is 48.5 Å². The van der Waals surface area contributed by atoms with Crippen LogP contribution < -0.4 is 5.32 Å². The maximum absolute atomic E-state index is 14.1. The Bertz CT molecular complexity index is 1230. The molecule has 0 bridgehead atoms. The molecule has 1 aliphatic heterocycles. The van der Waals surface area contributed by atoms with Crippen molar-refractivity contribution in [3.63, 3.8) is 0 Å². The zero-order valence-corrected chi connectivity index (χ0v) is 23.7. The second-order valence-electron chi connectivity index (χ2n) is 12.5. The minimum absolute atomic E-state index is 0.0262. The highest BCUT2D eigenvalue weighted by Crippen LogP contribution is 2.63. The van der Waals surface area contributed by atoms with E-state index in [2.05, 4.69) is 19.2 Å². The number of hydrogen-bond donors (Lipinski definition) is 1. The number of hydrogen-bond acceptors (Lipinski definition) is 3. The molecule has 3 saturated carbocycles. The topological polar surface area (TPSA) is 58.5 Å². The highest BCUT2D eigenvalue weighted by molar-refractivity contribution is 6.30. The molecule has 200 valence electrons. The first-order valence-electron chi connectivity index (χ1n) is 14.1. The number of fused-ring (bicyclic) bond motifs is 5. The van der Waals surface area contributed by atoms with Crippen LogP contribution in [0, 0.1) is 34.5 Å². The van der Waals surface area contributed by atoms with Gasteiger partial charge in [-0.2, -0.15) is 0 Å². The second kappa shape index (κ2) is 9.78. The Balaban J connectivity index is 1.25. The highest BCUT2D eigenvalue weighted by atomic mass is 35.5. The summed E-state index contributed by atoms with van der Waals surface area (Å²) in [6, 6.07) is 15.2. The molecular formula is C32H36Cl2N2O2.